The molecule has 0 unspecified atom stereocenters. The Kier molecular flexibility index (Phi) is 4.20. The number of aromatic nitrogens is 2. The van der Waals surface area contributed by atoms with Crippen molar-refractivity contribution in [1.29, 1.82) is 0 Å². The Morgan fingerprint density at radius 1 is 1.00 bits per heavy atom. The van der Waals surface area contributed by atoms with Gasteiger partial charge >= 0.3 is 16.2 Å². The van der Waals surface area contributed by atoms with Gasteiger partial charge in [-0.1, -0.05) is 6.07 Å². The summed E-state index contributed by atoms with van der Waals surface area (Å²) in [4.78, 5) is 12.5. The van der Waals surface area contributed by atoms with E-state index in [0.717, 1.165) is 60.7 Å². The van der Waals surface area contributed by atoms with Crippen LogP contribution in [0.5, 0.6) is 0 Å². The lowest BCUT2D eigenvalue weighted by Gasteiger charge is -2.17. The lowest BCUT2D eigenvalue weighted by Crippen LogP contribution is -2.38. The van der Waals surface area contributed by atoms with Crippen molar-refractivity contribution in [3.05, 3.63) is 52.7 Å². The zero-order chi connectivity index (χ0) is 20.0. The molecule has 29 heavy (non-hydrogen) atoms. The van der Waals surface area contributed by atoms with Gasteiger partial charge in [0.15, 0.2) is 0 Å². The zero-order valence-electron chi connectivity index (χ0n) is 15.7. The molecule has 0 spiro atoms. The van der Waals surface area contributed by atoms with Crippen molar-refractivity contribution in [3.63, 3.8) is 0 Å². The van der Waals surface area contributed by atoms with Gasteiger partial charge in [-0.05, 0) is 79.0 Å². The van der Waals surface area contributed by atoms with E-state index in [4.69, 9.17) is 0 Å². The second-order valence-electron chi connectivity index (χ2n) is 7.57. The molecule has 4 N–H and O–H groups in total. The smallest absolute Gasteiger partial charge is 0.307 e. The second-order valence-corrected chi connectivity index (χ2v) is 8.98. The Balaban J connectivity index is 1.34. The Morgan fingerprint density at radius 2 is 1.72 bits per heavy atom. The minimum atomic E-state index is -4.08. The SMILES string of the molecule is O=C(Nc1c2c(cc3c1CCC3)CCC2)NS(=O)(=O)Nc1ccc2cn[nH]c2c1. The first kappa shape index (κ1) is 18.0. The molecule has 1 heterocycles. The van der Waals surface area contributed by atoms with Gasteiger partial charge in [-0.25, -0.2) is 9.52 Å². The largest absolute Gasteiger partial charge is 0.334 e. The Labute approximate surface area is 168 Å². The highest BCUT2D eigenvalue weighted by Gasteiger charge is 2.26. The van der Waals surface area contributed by atoms with Crippen LogP contribution in [0.1, 0.15) is 35.1 Å². The average Bonchev–Trinajstić information content (AvgIpc) is 3.40. The van der Waals surface area contributed by atoms with E-state index in [1.165, 1.54) is 11.1 Å². The lowest BCUT2D eigenvalue weighted by atomic mass is 9.99. The molecule has 0 atom stereocenters. The summed E-state index contributed by atoms with van der Waals surface area (Å²) < 4.78 is 29.3. The molecule has 0 bridgehead atoms. The van der Waals surface area contributed by atoms with Gasteiger partial charge in [0.05, 0.1) is 17.4 Å². The van der Waals surface area contributed by atoms with Gasteiger partial charge in [-0.3, -0.25) is 9.82 Å². The number of benzene rings is 2. The number of rotatable bonds is 4. The molecule has 3 aromatic rings. The van der Waals surface area contributed by atoms with E-state index >= 15 is 0 Å². The van der Waals surface area contributed by atoms with Crippen molar-refractivity contribution in [2.24, 2.45) is 0 Å². The third kappa shape index (κ3) is 3.42. The number of hydrogen-bond donors (Lipinski definition) is 4. The van der Waals surface area contributed by atoms with E-state index < -0.39 is 16.2 Å². The predicted molar refractivity (Wildman–Crippen MR) is 111 cm³/mol. The summed E-state index contributed by atoms with van der Waals surface area (Å²) in [5.74, 6) is 0. The second kappa shape index (κ2) is 6.77. The molecule has 8 nitrogen and oxygen atoms in total. The van der Waals surface area contributed by atoms with E-state index in [1.54, 1.807) is 24.4 Å². The van der Waals surface area contributed by atoms with E-state index in [2.05, 4.69) is 31.0 Å². The molecule has 0 aliphatic heterocycles. The summed E-state index contributed by atoms with van der Waals surface area (Å²) >= 11 is 0. The van der Waals surface area contributed by atoms with Crippen molar-refractivity contribution in [2.45, 2.75) is 38.5 Å². The van der Waals surface area contributed by atoms with Crippen molar-refractivity contribution in [1.82, 2.24) is 14.9 Å². The van der Waals surface area contributed by atoms with Gasteiger partial charge in [-0.2, -0.15) is 13.5 Å². The van der Waals surface area contributed by atoms with Crippen LogP contribution >= 0.6 is 0 Å². The van der Waals surface area contributed by atoms with Gasteiger partial charge in [0.1, 0.15) is 0 Å². The van der Waals surface area contributed by atoms with Crippen LogP contribution in [0.15, 0.2) is 30.5 Å². The number of anilines is 2. The van der Waals surface area contributed by atoms with Crippen LogP contribution in [0.3, 0.4) is 0 Å². The number of carbonyl (C=O) groups excluding carboxylic acids is 1. The van der Waals surface area contributed by atoms with E-state index in [9.17, 15) is 13.2 Å². The standard InChI is InChI=1S/C20H21N5O3S/c26-20(22-19-16-5-1-3-12(16)9-13-4-2-6-17(13)19)25-29(27,28)24-15-8-7-14-11-21-23-18(14)10-15/h7-11,24H,1-6H2,(H,21,23)(H2,22,25,26). The highest BCUT2D eigenvalue weighted by atomic mass is 32.2. The molecule has 0 radical (unpaired) electrons. The third-order valence-electron chi connectivity index (χ3n) is 5.63. The molecule has 2 aromatic carbocycles. The van der Waals surface area contributed by atoms with Crippen LogP contribution in [0.25, 0.3) is 10.9 Å². The van der Waals surface area contributed by atoms with Crippen molar-refractivity contribution in [3.8, 4) is 0 Å². The van der Waals surface area contributed by atoms with Crippen LogP contribution in [-0.4, -0.2) is 24.6 Å². The molecule has 2 aliphatic rings. The van der Waals surface area contributed by atoms with Gasteiger partial charge in [0.2, 0.25) is 0 Å². The Morgan fingerprint density at radius 3 is 2.45 bits per heavy atom. The Hall–Kier alpha value is -3.07. The normalized spacial score (nSPS) is 15.2. The van der Waals surface area contributed by atoms with Gasteiger partial charge in [-0.15, -0.1) is 0 Å². The quantitative estimate of drug-likeness (QED) is 0.528. The fourth-order valence-corrected chi connectivity index (χ4v) is 5.19. The fourth-order valence-electron chi connectivity index (χ4n) is 4.41. The van der Waals surface area contributed by atoms with E-state index in [-0.39, 0.29) is 0 Å². The van der Waals surface area contributed by atoms with Crippen LogP contribution < -0.4 is 14.8 Å². The van der Waals surface area contributed by atoms with Crippen LogP contribution in [-0.2, 0) is 35.9 Å². The maximum Gasteiger partial charge on any atom is 0.334 e. The first-order chi connectivity index (χ1) is 14.0. The van der Waals surface area contributed by atoms with Crippen LogP contribution in [0, 0.1) is 0 Å². The van der Waals surface area contributed by atoms with E-state index in [0.29, 0.717) is 11.2 Å². The molecule has 1 aromatic heterocycles. The molecule has 9 heteroatoms. The summed E-state index contributed by atoms with van der Waals surface area (Å²) in [5, 5.41) is 10.4. The number of carbonyl (C=O) groups is 1. The number of nitrogens with zero attached hydrogens (tertiary/aromatic N) is 1. The molecular weight excluding hydrogens is 390 g/mol. The van der Waals surface area contributed by atoms with Crippen LogP contribution in [0.4, 0.5) is 16.2 Å². The summed E-state index contributed by atoms with van der Waals surface area (Å²) in [6.45, 7) is 0. The van der Waals surface area contributed by atoms with Gasteiger partial charge in [0.25, 0.3) is 0 Å². The monoisotopic (exact) mass is 411 g/mol. The van der Waals surface area contributed by atoms with Crippen molar-refractivity contribution < 1.29 is 13.2 Å². The molecule has 0 fully saturated rings. The molecule has 2 aliphatic carbocycles. The number of hydrogen-bond acceptors (Lipinski definition) is 4. The Bertz CT molecular complexity index is 1200. The first-order valence-electron chi connectivity index (χ1n) is 9.70. The molecule has 2 amide bonds. The maximum atomic E-state index is 12.5. The maximum absolute atomic E-state index is 12.5. The fraction of sp³-hybridized carbons (Fsp3) is 0.300. The summed E-state index contributed by atoms with van der Waals surface area (Å²) in [6.07, 6.45) is 7.61. The molecular formula is C20H21N5O3S. The number of nitrogens with one attached hydrogen (secondary N) is 4. The number of H-pyrrole nitrogens is 1. The third-order valence-corrected chi connectivity index (χ3v) is 6.59. The molecule has 0 saturated carbocycles. The van der Waals surface area contributed by atoms with E-state index in [1.807, 2.05) is 0 Å². The highest BCUT2D eigenvalue weighted by Crippen LogP contribution is 2.38. The summed E-state index contributed by atoms with van der Waals surface area (Å²) in [6, 6.07) is 6.49. The van der Waals surface area contributed by atoms with Crippen molar-refractivity contribution in [2.75, 3.05) is 10.0 Å². The minimum absolute atomic E-state index is 0.337. The number of amides is 2. The number of fused-ring (bicyclic) bond motifs is 3. The topological polar surface area (TPSA) is 116 Å². The highest BCUT2D eigenvalue weighted by molar-refractivity contribution is 7.91. The predicted octanol–water partition coefficient (Wildman–Crippen LogP) is 3.02. The first-order valence-corrected chi connectivity index (χ1v) is 11.2. The number of aromatic amines is 1. The van der Waals surface area contributed by atoms with Crippen molar-refractivity contribution >= 4 is 38.5 Å². The minimum Gasteiger partial charge on any atom is -0.307 e. The number of urea groups is 1. The molecule has 150 valence electrons. The van der Waals surface area contributed by atoms with Gasteiger partial charge in [0, 0.05) is 11.1 Å². The average molecular weight is 411 g/mol. The summed E-state index contributed by atoms with van der Waals surface area (Å²) in [7, 11) is -4.08. The zero-order valence-corrected chi connectivity index (χ0v) is 16.5. The molecule has 0 saturated heterocycles. The molecule has 5 rings (SSSR count). The number of aryl methyl sites for hydroxylation is 2. The lowest BCUT2D eigenvalue weighted by molar-refractivity contribution is 0.256. The van der Waals surface area contributed by atoms with Crippen LogP contribution in [0.2, 0.25) is 0 Å². The van der Waals surface area contributed by atoms with Gasteiger partial charge < -0.3 is 5.32 Å². The summed E-state index contributed by atoms with van der Waals surface area (Å²) in [5.41, 5.74) is 6.68.